The number of methoxy groups -OCH3 is 1. The van der Waals surface area contributed by atoms with E-state index in [1.807, 2.05) is 24.3 Å². The van der Waals surface area contributed by atoms with Crippen LogP contribution in [0.15, 0.2) is 28.7 Å². The van der Waals surface area contributed by atoms with Gasteiger partial charge in [0.05, 0.1) is 13.5 Å². The lowest BCUT2D eigenvalue weighted by molar-refractivity contribution is -0.140. The minimum absolute atomic E-state index is 0.188. The Labute approximate surface area is 97.7 Å². The summed E-state index contributed by atoms with van der Waals surface area (Å²) in [5, 5.41) is 0. The highest BCUT2D eigenvalue weighted by Crippen LogP contribution is 2.13. The molecule has 3 nitrogen and oxygen atoms in total. The largest absolute Gasteiger partial charge is 0.469 e. The van der Waals surface area contributed by atoms with Gasteiger partial charge in [-0.25, -0.2) is 0 Å². The summed E-state index contributed by atoms with van der Waals surface area (Å²) in [6, 6.07) is 7.70. The van der Waals surface area contributed by atoms with Gasteiger partial charge in [-0.1, -0.05) is 28.1 Å². The Morgan fingerprint density at radius 3 is 2.93 bits per heavy atom. The van der Waals surface area contributed by atoms with E-state index in [0.717, 1.165) is 10.0 Å². The van der Waals surface area contributed by atoms with Crippen molar-refractivity contribution in [3.8, 4) is 0 Å². The number of hydrogen-bond donors (Lipinski definition) is 1. The number of ether oxygens (including phenoxy) is 1. The molecule has 0 aromatic heterocycles. The van der Waals surface area contributed by atoms with Crippen molar-refractivity contribution in [1.29, 1.82) is 0 Å². The summed E-state index contributed by atoms with van der Waals surface area (Å²) in [7, 11) is 1.37. The minimum Gasteiger partial charge on any atom is -0.469 e. The van der Waals surface area contributed by atoms with Crippen LogP contribution in [0.2, 0.25) is 0 Å². The van der Waals surface area contributed by atoms with Gasteiger partial charge in [-0.05, 0) is 24.1 Å². The first-order chi connectivity index (χ1) is 7.11. The molecule has 0 saturated carbocycles. The number of carbonyl (C=O) groups excluding carboxylic acids is 1. The molecule has 0 aliphatic rings. The van der Waals surface area contributed by atoms with E-state index in [-0.39, 0.29) is 18.4 Å². The van der Waals surface area contributed by atoms with Crippen LogP contribution in [0.4, 0.5) is 0 Å². The van der Waals surface area contributed by atoms with Crippen LogP contribution in [-0.2, 0) is 16.0 Å². The summed E-state index contributed by atoms with van der Waals surface area (Å²) in [4.78, 5) is 11.0. The normalized spacial score (nSPS) is 12.2. The van der Waals surface area contributed by atoms with Crippen molar-refractivity contribution < 1.29 is 9.53 Å². The molecule has 1 aromatic rings. The number of carbonyl (C=O) groups is 1. The predicted molar refractivity (Wildman–Crippen MR) is 62.5 cm³/mol. The molecule has 0 aliphatic heterocycles. The zero-order valence-electron chi connectivity index (χ0n) is 8.57. The van der Waals surface area contributed by atoms with Crippen LogP contribution < -0.4 is 5.73 Å². The van der Waals surface area contributed by atoms with E-state index in [1.165, 1.54) is 7.11 Å². The van der Waals surface area contributed by atoms with Crippen LogP contribution in [0.3, 0.4) is 0 Å². The Morgan fingerprint density at radius 1 is 1.60 bits per heavy atom. The Hall–Kier alpha value is -0.870. The standard InChI is InChI=1S/C11H14BrNO2/c1-15-11(14)7-10(13)6-8-3-2-4-9(12)5-8/h2-5,10H,6-7,13H2,1H3/t10-/m0/s1. The van der Waals surface area contributed by atoms with Crippen molar-refractivity contribution in [3.63, 3.8) is 0 Å². The molecule has 0 spiro atoms. The second-order valence-corrected chi connectivity index (χ2v) is 4.29. The van der Waals surface area contributed by atoms with Crippen LogP contribution in [0.25, 0.3) is 0 Å². The molecule has 0 unspecified atom stereocenters. The number of rotatable bonds is 4. The van der Waals surface area contributed by atoms with Gasteiger partial charge in [-0.15, -0.1) is 0 Å². The Bertz CT molecular complexity index is 341. The van der Waals surface area contributed by atoms with Crippen LogP contribution in [0.1, 0.15) is 12.0 Å². The third-order valence-corrected chi connectivity index (χ3v) is 2.54. The van der Waals surface area contributed by atoms with Gasteiger partial charge in [0, 0.05) is 10.5 Å². The van der Waals surface area contributed by atoms with E-state index in [0.29, 0.717) is 6.42 Å². The fourth-order valence-corrected chi connectivity index (χ4v) is 1.78. The van der Waals surface area contributed by atoms with Crippen LogP contribution in [-0.4, -0.2) is 19.1 Å². The second-order valence-electron chi connectivity index (χ2n) is 3.37. The summed E-state index contributed by atoms with van der Waals surface area (Å²) in [5.74, 6) is -0.266. The van der Waals surface area contributed by atoms with Crippen LogP contribution in [0.5, 0.6) is 0 Å². The summed E-state index contributed by atoms with van der Waals surface area (Å²) in [6.45, 7) is 0. The van der Waals surface area contributed by atoms with Gasteiger partial charge < -0.3 is 10.5 Å². The summed E-state index contributed by atoms with van der Waals surface area (Å²) < 4.78 is 5.57. The first-order valence-corrected chi connectivity index (χ1v) is 5.48. The number of hydrogen-bond acceptors (Lipinski definition) is 3. The molecule has 1 aromatic carbocycles. The summed E-state index contributed by atoms with van der Waals surface area (Å²) >= 11 is 3.38. The van der Waals surface area contributed by atoms with Crippen molar-refractivity contribution in [2.45, 2.75) is 18.9 Å². The average Bonchev–Trinajstić information content (AvgIpc) is 2.17. The molecular weight excluding hydrogens is 258 g/mol. The van der Waals surface area contributed by atoms with E-state index in [1.54, 1.807) is 0 Å². The van der Waals surface area contributed by atoms with Crippen molar-refractivity contribution >= 4 is 21.9 Å². The molecule has 0 aliphatic carbocycles. The van der Waals surface area contributed by atoms with Gasteiger partial charge in [0.1, 0.15) is 0 Å². The lowest BCUT2D eigenvalue weighted by atomic mass is 10.0. The number of benzene rings is 1. The van der Waals surface area contributed by atoms with E-state index in [9.17, 15) is 4.79 Å². The van der Waals surface area contributed by atoms with Crippen molar-refractivity contribution in [2.24, 2.45) is 5.73 Å². The first-order valence-electron chi connectivity index (χ1n) is 4.68. The van der Waals surface area contributed by atoms with E-state index < -0.39 is 0 Å². The summed E-state index contributed by atoms with van der Waals surface area (Å²) in [6.07, 6.45) is 0.928. The van der Waals surface area contributed by atoms with E-state index in [4.69, 9.17) is 5.73 Å². The van der Waals surface area contributed by atoms with Gasteiger partial charge >= 0.3 is 5.97 Å². The molecule has 15 heavy (non-hydrogen) atoms. The van der Waals surface area contributed by atoms with Gasteiger partial charge in [0.25, 0.3) is 0 Å². The molecule has 0 amide bonds. The number of halogens is 1. The lowest BCUT2D eigenvalue weighted by Crippen LogP contribution is -2.26. The molecule has 0 radical (unpaired) electrons. The molecule has 0 bridgehead atoms. The third-order valence-electron chi connectivity index (χ3n) is 2.04. The molecule has 2 N–H and O–H groups in total. The number of nitrogens with two attached hydrogens (primary N) is 1. The zero-order chi connectivity index (χ0) is 11.3. The van der Waals surface area contributed by atoms with Gasteiger partial charge in [0.2, 0.25) is 0 Å². The average molecular weight is 272 g/mol. The number of esters is 1. The molecule has 0 saturated heterocycles. The van der Waals surface area contributed by atoms with Gasteiger partial charge in [-0.3, -0.25) is 4.79 Å². The molecule has 82 valence electrons. The topological polar surface area (TPSA) is 52.3 Å². The first kappa shape index (κ1) is 12.2. The Kier molecular flexibility index (Phi) is 4.78. The quantitative estimate of drug-likeness (QED) is 0.851. The van der Waals surface area contributed by atoms with Crippen LogP contribution in [0, 0.1) is 0 Å². The molecule has 1 atom stereocenters. The Balaban J connectivity index is 2.51. The maximum atomic E-state index is 11.0. The highest BCUT2D eigenvalue weighted by atomic mass is 79.9. The highest BCUT2D eigenvalue weighted by Gasteiger charge is 2.10. The minimum atomic E-state index is -0.266. The third kappa shape index (κ3) is 4.44. The zero-order valence-corrected chi connectivity index (χ0v) is 10.2. The molecular formula is C11H14BrNO2. The highest BCUT2D eigenvalue weighted by molar-refractivity contribution is 9.10. The fourth-order valence-electron chi connectivity index (χ4n) is 1.34. The second kappa shape index (κ2) is 5.88. The molecule has 4 heteroatoms. The molecule has 0 heterocycles. The lowest BCUT2D eigenvalue weighted by Gasteiger charge is -2.10. The van der Waals surface area contributed by atoms with Crippen molar-refractivity contribution in [2.75, 3.05) is 7.11 Å². The molecule has 0 fully saturated rings. The van der Waals surface area contributed by atoms with Gasteiger partial charge in [-0.2, -0.15) is 0 Å². The maximum Gasteiger partial charge on any atom is 0.307 e. The van der Waals surface area contributed by atoms with Crippen molar-refractivity contribution in [1.82, 2.24) is 0 Å². The van der Waals surface area contributed by atoms with Crippen LogP contribution >= 0.6 is 15.9 Å². The van der Waals surface area contributed by atoms with Crippen molar-refractivity contribution in [3.05, 3.63) is 34.3 Å². The van der Waals surface area contributed by atoms with E-state index in [2.05, 4.69) is 20.7 Å². The van der Waals surface area contributed by atoms with E-state index >= 15 is 0 Å². The van der Waals surface area contributed by atoms with Gasteiger partial charge in [0.15, 0.2) is 0 Å². The SMILES string of the molecule is COC(=O)C[C@@H](N)Cc1cccc(Br)c1. The molecule has 1 rings (SSSR count). The maximum absolute atomic E-state index is 11.0. The predicted octanol–water partition coefficient (Wildman–Crippen LogP) is 1.88. The Morgan fingerprint density at radius 2 is 2.33 bits per heavy atom. The smallest absolute Gasteiger partial charge is 0.307 e. The summed E-state index contributed by atoms with van der Waals surface area (Å²) in [5.41, 5.74) is 6.93. The fraction of sp³-hybridized carbons (Fsp3) is 0.364. The monoisotopic (exact) mass is 271 g/mol.